The van der Waals surface area contributed by atoms with E-state index in [4.69, 9.17) is 39.5 Å². The molecule has 0 atom stereocenters. The van der Waals surface area contributed by atoms with E-state index < -0.39 is 0 Å². The number of halogens is 3. The standard InChI is InChI=1S/C10H9Cl3O/c1-7(5-11)6-14-10-3-8(12)2-9(13)4-10/h2-4H,1,5-6H2. The van der Waals surface area contributed by atoms with Crippen LogP contribution in [-0.2, 0) is 0 Å². The lowest BCUT2D eigenvalue weighted by molar-refractivity contribution is 0.353. The number of hydrogen-bond acceptors (Lipinski definition) is 1. The number of hydrogen-bond donors (Lipinski definition) is 0. The van der Waals surface area contributed by atoms with Gasteiger partial charge in [0.15, 0.2) is 0 Å². The third kappa shape index (κ3) is 3.79. The Kier molecular flexibility index (Phi) is 4.59. The topological polar surface area (TPSA) is 9.23 Å². The predicted octanol–water partition coefficient (Wildman–Crippen LogP) is 4.17. The maximum absolute atomic E-state index is 5.79. The van der Waals surface area contributed by atoms with E-state index >= 15 is 0 Å². The van der Waals surface area contributed by atoms with Crippen LogP contribution in [0.3, 0.4) is 0 Å². The third-order valence-corrected chi connectivity index (χ3v) is 2.28. The van der Waals surface area contributed by atoms with E-state index in [9.17, 15) is 0 Å². The smallest absolute Gasteiger partial charge is 0.122 e. The van der Waals surface area contributed by atoms with Crippen molar-refractivity contribution in [3.05, 3.63) is 40.4 Å². The Balaban J connectivity index is 2.63. The second-order valence-corrected chi connectivity index (χ2v) is 3.92. The van der Waals surface area contributed by atoms with Gasteiger partial charge in [0.05, 0.1) is 0 Å². The Morgan fingerprint density at radius 1 is 1.21 bits per heavy atom. The van der Waals surface area contributed by atoms with Crippen LogP contribution < -0.4 is 4.74 Å². The zero-order chi connectivity index (χ0) is 10.6. The minimum absolute atomic E-state index is 0.375. The minimum Gasteiger partial charge on any atom is -0.489 e. The molecule has 1 rings (SSSR count). The highest BCUT2D eigenvalue weighted by atomic mass is 35.5. The molecule has 14 heavy (non-hydrogen) atoms. The number of rotatable bonds is 4. The van der Waals surface area contributed by atoms with Crippen LogP contribution in [0.25, 0.3) is 0 Å². The fourth-order valence-corrected chi connectivity index (χ4v) is 1.42. The molecule has 0 saturated carbocycles. The summed E-state index contributed by atoms with van der Waals surface area (Å²) in [5, 5.41) is 1.09. The molecule has 1 nitrogen and oxygen atoms in total. The highest BCUT2D eigenvalue weighted by molar-refractivity contribution is 6.34. The van der Waals surface area contributed by atoms with Crippen molar-refractivity contribution in [2.24, 2.45) is 0 Å². The highest BCUT2D eigenvalue weighted by Crippen LogP contribution is 2.24. The molecular weight excluding hydrogens is 242 g/mol. The molecule has 0 saturated heterocycles. The first kappa shape index (κ1) is 11.7. The molecule has 0 aliphatic heterocycles. The normalized spacial score (nSPS) is 9.93. The average Bonchev–Trinajstić information content (AvgIpc) is 2.12. The van der Waals surface area contributed by atoms with Gasteiger partial charge in [-0.25, -0.2) is 0 Å². The second-order valence-electron chi connectivity index (χ2n) is 2.78. The van der Waals surface area contributed by atoms with Crippen LogP contribution in [0, 0.1) is 0 Å². The second kappa shape index (κ2) is 5.50. The lowest BCUT2D eigenvalue weighted by Crippen LogP contribution is -2.00. The number of alkyl halides is 1. The van der Waals surface area contributed by atoms with E-state index in [1.807, 2.05) is 0 Å². The lowest BCUT2D eigenvalue weighted by atomic mass is 10.3. The van der Waals surface area contributed by atoms with E-state index in [2.05, 4.69) is 6.58 Å². The molecule has 0 unspecified atom stereocenters. The fourth-order valence-electron chi connectivity index (χ4n) is 0.836. The van der Waals surface area contributed by atoms with Gasteiger partial charge < -0.3 is 4.74 Å². The van der Waals surface area contributed by atoms with Crippen molar-refractivity contribution in [2.45, 2.75) is 0 Å². The first-order valence-corrected chi connectivity index (χ1v) is 5.22. The molecule has 0 spiro atoms. The van der Waals surface area contributed by atoms with Gasteiger partial charge >= 0.3 is 0 Å². The van der Waals surface area contributed by atoms with E-state index in [0.29, 0.717) is 28.3 Å². The molecule has 0 N–H and O–H groups in total. The molecule has 1 aromatic rings. The maximum Gasteiger partial charge on any atom is 0.122 e. The number of benzene rings is 1. The Bertz CT molecular complexity index is 316. The summed E-state index contributed by atoms with van der Waals surface area (Å²) in [6, 6.07) is 5.02. The molecule has 0 aliphatic rings. The van der Waals surface area contributed by atoms with Crippen LogP contribution in [0.15, 0.2) is 30.4 Å². The van der Waals surface area contributed by atoms with E-state index in [0.717, 1.165) is 5.57 Å². The molecule has 0 amide bonds. The zero-order valence-electron chi connectivity index (χ0n) is 7.40. The van der Waals surface area contributed by atoms with Gasteiger partial charge in [0.2, 0.25) is 0 Å². The largest absolute Gasteiger partial charge is 0.489 e. The zero-order valence-corrected chi connectivity index (χ0v) is 9.66. The monoisotopic (exact) mass is 250 g/mol. The average molecular weight is 252 g/mol. The van der Waals surface area contributed by atoms with Crippen molar-refractivity contribution >= 4 is 34.8 Å². The maximum atomic E-state index is 5.79. The molecular formula is C10H9Cl3O. The first-order chi connectivity index (χ1) is 6.61. The molecule has 1 aromatic carbocycles. The Morgan fingerprint density at radius 3 is 2.29 bits per heavy atom. The van der Waals surface area contributed by atoms with Crippen molar-refractivity contribution in [3.8, 4) is 5.75 Å². The van der Waals surface area contributed by atoms with Crippen LogP contribution >= 0.6 is 34.8 Å². The molecule has 0 radical (unpaired) electrons. The van der Waals surface area contributed by atoms with Crippen LogP contribution in [0.5, 0.6) is 5.75 Å². The molecule has 76 valence electrons. The van der Waals surface area contributed by atoms with E-state index in [-0.39, 0.29) is 0 Å². The quantitative estimate of drug-likeness (QED) is 0.576. The summed E-state index contributed by atoms with van der Waals surface area (Å²) in [7, 11) is 0. The first-order valence-electron chi connectivity index (χ1n) is 3.93. The summed E-state index contributed by atoms with van der Waals surface area (Å²) in [5.41, 5.74) is 0.808. The van der Waals surface area contributed by atoms with Gasteiger partial charge in [0, 0.05) is 15.9 Å². The summed E-state index contributed by atoms with van der Waals surface area (Å²) in [4.78, 5) is 0. The molecule has 0 heterocycles. The van der Waals surface area contributed by atoms with Crippen molar-refractivity contribution in [1.29, 1.82) is 0 Å². The molecule has 0 bridgehead atoms. The van der Waals surface area contributed by atoms with E-state index in [1.54, 1.807) is 18.2 Å². The highest BCUT2D eigenvalue weighted by Gasteiger charge is 1.99. The SMILES string of the molecule is C=C(CCl)COc1cc(Cl)cc(Cl)c1. The summed E-state index contributed by atoms with van der Waals surface area (Å²) in [5.74, 6) is 1.00. The molecule has 0 aliphatic carbocycles. The van der Waals surface area contributed by atoms with Gasteiger partial charge in [0.1, 0.15) is 12.4 Å². The lowest BCUT2D eigenvalue weighted by Gasteiger charge is -2.07. The predicted molar refractivity (Wildman–Crippen MR) is 61.8 cm³/mol. The molecule has 0 fully saturated rings. The summed E-state index contributed by atoms with van der Waals surface area (Å²) in [6.45, 7) is 4.09. The Labute approximate surface area is 98.2 Å². The third-order valence-electron chi connectivity index (χ3n) is 1.47. The number of ether oxygens (including phenoxy) is 1. The van der Waals surface area contributed by atoms with Crippen LogP contribution in [0.1, 0.15) is 0 Å². The summed E-state index contributed by atoms with van der Waals surface area (Å²) < 4.78 is 5.37. The van der Waals surface area contributed by atoms with Crippen LogP contribution in [-0.4, -0.2) is 12.5 Å². The van der Waals surface area contributed by atoms with Crippen molar-refractivity contribution in [1.82, 2.24) is 0 Å². The molecule has 0 aromatic heterocycles. The van der Waals surface area contributed by atoms with Gasteiger partial charge in [-0.2, -0.15) is 0 Å². The van der Waals surface area contributed by atoms with Gasteiger partial charge in [-0.15, -0.1) is 11.6 Å². The van der Waals surface area contributed by atoms with Gasteiger partial charge in [0.25, 0.3) is 0 Å². The summed E-state index contributed by atoms with van der Waals surface area (Å²) in [6.07, 6.45) is 0. The van der Waals surface area contributed by atoms with Crippen molar-refractivity contribution in [2.75, 3.05) is 12.5 Å². The fraction of sp³-hybridized carbons (Fsp3) is 0.200. The minimum atomic E-state index is 0.375. The molecule has 4 heteroatoms. The van der Waals surface area contributed by atoms with Crippen LogP contribution in [0.2, 0.25) is 10.0 Å². The van der Waals surface area contributed by atoms with Gasteiger partial charge in [-0.05, 0) is 23.8 Å². The summed E-state index contributed by atoms with van der Waals surface area (Å²) >= 11 is 17.1. The van der Waals surface area contributed by atoms with Crippen molar-refractivity contribution in [3.63, 3.8) is 0 Å². The van der Waals surface area contributed by atoms with Gasteiger partial charge in [-0.3, -0.25) is 0 Å². The van der Waals surface area contributed by atoms with Crippen LogP contribution in [0.4, 0.5) is 0 Å². The Morgan fingerprint density at radius 2 is 1.79 bits per heavy atom. The van der Waals surface area contributed by atoms with Gasteiger partial charge in [-0.1, -0.05) is 29.8 Å². The van der Waals surface area contributed by atoms with Crippen molar-refractivity contribution < 1.29 is 4.74 Å². The van der Waals surface area contributed by atoms with E-state index in [1.165, 1.54) is 0 Å². The Hall–Kier alpha value is -0.370.